The molecule has 1 aromatic heterocycles. The smallest absolute Gasteiger partial charge is 0.326 e. The summed E-state index contributed by atoms with van der Waals surface area (Å²) >= 11 is 18.3. The number of pyridine rings is 1. The van der Waals surface area contributed by atoms with E-state index in [-0.39, 0.29) is 37.9 Å². The van der Waals surface area contributed by atoms with Gasteiger partial charge >= 0.3 is 6.03 Å². The van der Waals surface area contributed by atoms with Crippen LogP contribution in [-0.4, -0.2) is 16.9 Å². The second-order valence-electron chi connectivity index (χ2n) is 5.76. The van der Waals surface area contributed by atoms with Crippen molar-refractivity contribution in [3.05, 3.63) is 80.9 Å². The fourth-order valence-corrected chi connectivity index (χ4v) is 3.10. The Bertz CT molecular complexity index is 1140. The number of nitriles is 1. The summed E-state index contributed by atoms with van der Waals surface area (Å²) in [5.74, 6) is -0.364. The number of aromatic nitrogens is 1. The number of hydrogen-bond acceptors (Lipinski definition) is 5. The summed E-state index contributed by atoms with van der Waals surface area (Å²) < 4.78 is 5.55. The van der Waals surface area contributed by atoms with Gasteiger partial charge in [-0.1, -0.05) is 46.9 Å². The topological polar surface area (TPSA) is 104 Å². The Balaban J connectivity index is 1.70. The second kappa shape index (κ2) is 9.46. The van der Waals surface area contributed by atoms with Crippen LogP contribution in [0.3, 0.4) is 0 Å². The predicted octanol–water partition coefficient (Wildman–Crippen LogP) is 5.67. The third-order valence-corrected chi connectivity index (χ3v) is 4.56. The van der Waals surface area contributed by atoms with E-state index < -0.39 is 11.9 Å². The highest BCUT2D eigenvalue weighted by Gasteiger charge is 2.16. The number of carbonyl (C=O) groups excluding carboxylic acids is 2. The molecule has 0 bridgehead atoms. The summed E-state index contributed by atoms with van der Waals surface area (Å²) in [7, 11) is 0. The van der Waals surface area contributed by atoms with Crippen molar-refractivity contribution in [2.24, 2.45) is 0 Å². The van der Waals surface area contributed by atoms with E-state index in [2.05, 4.69) is 15.6 Å². The molecular formula is C20H11Cl3N4O3. The highest BCUT2D eigenvalue weighted by Crippen LogP contribution is 2.38. The first-order chi connectivity index (χ1) is 14.4. The van der Waals surface area contributed by atoms with E-state index in [4.69, 9.17) is 44.8 Å². The summed E-state index contributed by atoms with van der Waals surface area (Å²) in [4.78, 5) is 28.3. The van der Waals surface area contributed by atoms with Gasteiger partial charge in [0.05, 0.1) is 26.2 Å². The number of carbonyl (C=O) groups is 2. The average molecular weight is 462 g/mol. The lowest BCUT2D eigenvalue weighted by Gasteiger charge is -2.12. The molecule has 7 nitrogen and oxygen atoms in total. The van der Waals surface area contributed by atoms with Gasteiger partial charge in [-0.3, -0.25) is 10.1 Å². The maximum atomic E-state index is 12.1. The molecule has 0 aliphatic carbocycles. The van der Waals surface area contributed by atoms with Crippen LogP contribution in [-0.2, 0) is 0 Å². The maximum absolute atomic E-state index is 12.1. The van der Waals surface area contributed by atoms with Crippen LogP contribution in [0.15, 0.2) is 54.7 Å². The van der Waals surface area contributed by atoms with Crippen LogP contribution in [0.25, 0.3) is 0 Å². The number of rotatable bonds is 4. The Morgan fingerprint density at radius 2 is 1.70 bits per heavy atom. The number of nitrogens with one attached hydrogen (secondary N) is 2. The van der Waals surface area contributed by atoms with E-state index in [1.54, 1.807) is 12.1 Å². The summed E-state index contributed by atoms with van der Waals surface area (Å²) in [6.07, 6.45) is 1.34. The highest BCUT2D eigenvalue weighted by atomic mass is 35.5. The lowest BCUT2D eigenvalue weighted by molar-refractivity contribution is 0.0967. The largest absolute Gasteiger partial charge is 0.436 e. The Morgan fingerprint density at radius 1 is 1.00 bits per heavy atom. The van der Waals surface area contributed by atoms with Crippen molar-refractivity contribution in [3.8, 4) is 17.7 Å². The normalized spacial score (nSPS) is 10.1. The molecule has 3 rings (SSSR count). The van der Waals surface area contributed by atoms with Gasteiger partial charge < -0.3 is 10.1 Å². The van der Waals surface area contributed by atoms with E-state index in [0.717, 1.165) is 0 Å². The Labute approximate surface area is 186 Å². The van der Waals surface area contributed by atoms with Crippen molar-refractivity contribution in [3.63, 3.8) is 0 Å². The van der Waals surface area contributed by atoms with E-state index in [1.807, 2.05) is 6.07 Å². The lowest BCUT2D eigenvalue weighted by Crippen LogP contribution is -2.34. The molecule has 2 N–H and O–H groups in total. The van der Waals surface area contributed by atoms with Gasteiger partial charge in [0.15, 0.2) is 5.75 Å². The summed E-state index contributed by atoms with van der Waals surface area (Å²) in [6, 6.07) is 13.3. The van der Waals surface area contributed by atoms with Gasteiger partial charge in [-0.15, -0.1) is 0 Å². The van der Waals surface area contributed by atoms with E-state index in [9.17, 15) is 9.59 Å². The van der Waals surface area contributed by atoms with E-state index >= 15 is 0 Å². The van der Waals surface area contributed by atoms with Crippen LogP contribution < -0.4 is 15.4 Å². The molecule has 0 atom stereocenters. The molecule has 0 spiro atoms. The van der Waals surface area contributed by atoms with Crippen molar-refractivity contribution < 1.29 is 14.3 Å². The molecule has 0 saturated carbocycles. The number of amides is 3. The van der Waals surface area contributed by atoms with Crippen LogP contribution in [0.4, 0.5) is 10.5 Å². The van der Waals surface area contributed by atoms with Crippen LogP contribution in [0.1, 0.15) is 15.9 Å². The Morgan fingerprint density at radius 3 is 2.30 bits per heavy atom. The second-order valence-corrected chi connectivity index (χ2v) is 6.98. The zero-order valence-corrected chi connectivity index (χ0v) is 17.2. The highest BCUT2D eigenvalue weighted by molar-refractivity contribution is 6.38. The first-order valence-corrected chi connectivity index (χ1v) is 9.40. The summed E-state index contributed by atoms with van der Waals surface area (Å²) in [5.41, 5.74) is 0.759. The number of benzene rings is 2. The third kappa shape index (κ3) is 5.19. The fourth-order valence-electron chi connectivity index (χ4n) is 2.32. The molecule has 3 aromatic rings. The van der Waals surface area contributed by atoms with Gasteiger partial charge in [0, 0.05) is 18.0 Å². The number of imide groups is 1. The molecule has 1 heterocycles. The van der Waals surface area contributed by atoms with Gasteiger partial charge in [0.1, 0.15) is 6.07 Å². The predicted molar refractivity (Wildman–Crippen MR) is 113 cm³/mol. The van der Waals surface area contributed by atoms with Gasteiger partial charge in [0.2, 0.25) is 5.88 Å². The van der Waals surface area contributed by atoms with Gasteiger partial charge in [0.25, 0.3) is 5.91 Å². The van der Waals surface area contributed by atoms with E-state index in [0.29, 0.717) is 5.56 Å². The first kappa shape index (κ1) is 21.4. The molecule has 0 radical (unpaired) electrons. The number of ether oxygens (including phenoxy) is 1. The molecule has 2 aromatic carbocycles. The van der Waals surface area contributed by atoms with Crippen molar-refractivity contribution in [1.29, 1.82) is 5.26 Å². The number of hydrogen-bond donors (Lipinski definition) is 2. The maximum Gasteiger partial charge on any atom is 0.326 e. The lowest BCUT2D eigenvalue weighted by atomic mass is 10.2. The molecule has 10 heteroatoms. The third-order valence-electron chi connectivity index (χ3n) is 3.67. The summed E-state index contributed by atoms with van der Waals surface area (Å²) in [6.45, 7) is 0. The number of urea groups is 1. The monoisotopic (exact) mass is 460 g/mol. The van der Waals surface area contributed by atoms with Crippen molar-refractivity contribution in [2.75, 3.05) is 5.32 Å². The van der Waals surface area contributed by atoms with Gasteiger partial charge in [-0.25, -0.2) is 9.78 Å². The molecule has 0 saturated heterocycles. The van der Waals surface area contributed by atoms with Gasteiger partial charge in [-0.05, 0) is 30.3 Å². The van der Waals surface area contributed by atoms with Crippen LogP contribution >= 0.6 is 34.8 Å². The van der Waals surface area contributed by atoms with Gasteiger partial charge in [-0.2, -0.15) is 5.26 Å². The number of anilines is 1. The van der Waals surface area contributed by atoms with Crippen molar-refractivity contribution in [1.82, 2.24) is 10.3 Å². The molecule has 0 fully saturated rings. The molecule has 3 amide bonds. The Kier molecular flexibility index (Phi) is 6.75. The zero-order chi connectivity index (χ0) is 21.7. The van der Waals surface area contributed by atoms with Crippen molar-refractivity contribution >= 4 is 52.4 Å². The Hall–Kier alpha value is -3.31. The van der Waals surface area contributed by atoms with Crippen LogP contribution in [0.5, 0.6) is 11.6 Å². The molecular weight excluding hydrogens is 451 g/mol. The molecule has 30 heavy (non-hydrogen) atoms. The minimum atomic E-state index is -0.797. The fraction of sp³-hybridized carbons (Fsp3) is 0. The first-order valence-electron chi connectivity index (χ1n) is 8.27. The molecule has 0 unspecified atom stereocenters. The quantitative estimate of drug-likeness (QED) is 0.521. The number of nitrogens with zero attached hydrogens (tertiary/aromatic N) is 2. The standard InChI is InChI=1S/C20H11Cl3N4O3/c21-14-4-2-1-3-13(14)19(28)27-20(29)26-12-7-15(22)18(16(23)8-12)30-17-6-5-11(9-24)10-25-17/h1-8,10H,(H2,26,27,28,29). The molecule has 0 aliphatic heterocycles. The minimum Gasteiger partial charge on any atom is -0.436 e. The molecule has 0 aliphatic rings. The van der Waals surface area contributed by atoms with Crippen molar-refractivity contribution in [2.45, 2.75) is 0 Å². The average Bonchev–Trinajstić information content (AvgIpc) is 2.71. The van der Waals surface area contributed by atoms with E-state index in [1.165, 1.54) is 42.6 Å². The van der Waals surface area contributed by atoms with Crippen LogP contribution in [0.2, 0.25) is 15.1 Å². The van der Waals surface area contributed by atoms with Crippen LogP contribution in [0, 0.1) is 11.3 Å². The zero-order valence-electron chi connectivity index (χ0n) is 14.9. The summed E-state index contributed by atoms with van der Waals surface area (Å²) in [5, 5.41) is 13.8. The SMILES string of the molecule is N#Cc1ccc(Oc2c(Cl)cc(NC(=O)NC(=O)c3ccccc3Cl)cc2Cl)nc1. The minimum absolute atomic E-state index is 0.0985. The number of halogens is 3. The molecule has 150 valence electrons.